The number of ether oxygens (including phenoxy) is 1. The molecule has 7 heteroatoms. The Morgan fingerprint density at radius 3 is 2.67 bits per heavy atom. The summed E-state index contributed by atoms with van der Waals surface area (Å²) in [4.78, 5) is 14.8. The molecule has 0 spiro atoms. The number of alkyl carbamates (subject to hydrolysis) is 1. The van der Waals surface area contributed by atoms with E-state index in [2.05, 4.69) is 10.3 Å². The molecule has 0 bridgehead atoms. The van der Waals surface area contributed by atoms with Gasteiger partial charge in [0.1, 0.15) is 5.60 Å². The number of fused-ring (bicyclic) bond motifs is 1. The van der Waals surface area contributed by atoms with Crippen LogP contribution in [0.5, 0.6) is 0 Å². The Hall–Kier alpha value is -2.15. The summed E-state index contributed by atoms with van der Waals surface area (Å²) in [5.74, 6) is -1.90. The molecule has 0 aliphatic rings. The van der Waals surface area contributed by atoms with E-state index in [-0.39, 0.29) is 11.8 Å². The average molecular weight is 340 g/mol. The molecule has 0 fully saturated rings. The molecule has 0 aliphatic carbocycles. The van der Waals surface area contributed by atoms with Gasteiger partial charge in [0.2, 0.25) is 0 Å². The molecule has 1 amide bonds. The molecule has 2 atom stereocenters. The molecule has 24 heavy (non-hydrogen) atoms. The standard InChI is InChI=1S/C17H22F2N2O3/c1-9(22)13(21-16(23)24-17(2,3)4)8-10-7-12(18)14(19)11-5-6-20-15(10)11/h5-7,9,13,20,22H,8H2,1-4H3,(H,21,23)/t9-,13-/m0/s1. The van der Waals surface area contributed by atoms with Crippen LogP contribution in [0.25, 0.3) is 10.9 Å². The van der Waals surface area contributed by atoms with Gasteiger partial charge >= 0.3 is 6.09 Å². The molecule has 3 N–H and O–H groups in total. The van der Waals surface area contributed by atoms with Crippen LogP contribution in [0.3, 0.4) is 0 Å². The number of aromatic amines is 1. The van der Waals surface area contributed by atoms with E-state index in [0.717, 1.165) is 6.07 Å². The number of hydrogen-bond donors (Lipinski definition) is 3. The molecule has 2 aromatic rings. The van der Waals surface area contributed by atoms with Crippen LogP contribution in [0.1, 0.15) is 33.3 Å². The number of H-pyrrole nitrogens is 1. The van der Waals surface area contributed by atoms with Crippen LogP contribution in [0.4, 0.5) is 13.6 Å². The molecule has 0 saturated heterocycles. The number of carbonyl (C=O) groups excluding carboxylic acids is 1. The minimum absolute atomic E-state index is 0.116. The quantitative estimate of drug-likeness (QED) is 0.800. The number of rotatable bonds is 4. The Kier molecular flexibility index (Phi) is 5.13. The van der Waals surface area contributed by atoms with E-state index in [0.29, 0.717) is 11.1 Å². The van der Waals surface area contributed by atoms with Gasteiger partial charge in [0.25, 0.3) is 0 Å². The average Bonchev–Trinajstić information content (AvgIpc) is 2.91. The number of amides is 1. The Balaban J connectivity index is 2.24. The van der Waals surface area contributed by atoms with Gasteiger partial charge < -0.3 is 20.1 Å². The summed E-state index contributed by atoms with van der Waals surface area (Å²) in [6.07, 6.45) is 0.0369. The van der Waals surface area contributed by atoms with Crippen LogP contribution in [0, 0.1) is 11.6 Å². The van der Waals surface area contributed by atoms with E-state index in [1.165, 1.54) is 19.2 Å². The minimum atomic E-state index is -0.973. The smallest absolute Gasteiger partial charge is 0.407 e. The van der Waals surface area contributed by atoms with E-state index >= 15 is 0 Å². The second-order valence-electron chi connectivity index (χ2n) is 6.80. The van der Waals surface area contributed by atoms with Gasteiger partial charge in [-0.05, 0) is 51.8 Å². The summed E-state index contributed by atoms with van der Waals surface area (Å²) in [6.45, 7) is 6.68. The Morgan fingerprint density at radius 2 is 2.08 bits per heavy atom. The van der Waals surface area contributed by atoms with E-state index in [1.807, 2.05) is 0 Å². The largest absolute Gasteiger partial charge is 0.444 e. The summed E-state index contributed by atoms with van der Waals surface area (Å²) in [5.41, 5.74) is 0.212. The van der Waals surface area contributed by atoms with Crippen molar-refractivity contribution in [1.29, 1.82) is 0 Å². The van der Waals surface area contributed by atoms with Crippen molar-refractivity contribution in [2.75, 3.05) is 0 Å². The number of carbonyl (C=O) groups is 1. The Labute approximate surface area is 139 Å². The molecule has 0 saturated carbocycles. The van der Waals surface area contributed by atoms with E-state index < -0.39 is 35.5 Å². The fourth-order valence-electron chi connectivity index (χ4n) is 2.43. The Bertz CT molecular complexity index is 735. The number of nitrogens with one attached hydrogen (secondary N) is 2. The number of aromatic nitrogens is 1. The maximum Gasteiger partial charge on any atom is 0.407 e. The minimum Gasteiger partial charge on any atom is -0.444 e. The highest BCUT2D eigenvalue weighted by molar-refractivity contribution is 5.83. The van der Waals surface area contributed by atoms with Crippen LogP contribution >= 0.6 is 0 Å². The molecule has 0 unspecified atom stereocenters. The van der Waals surface area contributed by atoms with E-state index in [4.69, 9.17) is 4.74 Å². The number of aliphatic hydroxyl groups excluding tert-OH is 1. The predicted octanol–water partition coefficient (Wildman–Crippen LogP) is 3.26. The van der Waals surface area contributed by atoms with E-state index in [1.54, 1.807) is 20.8 Å². The van der Waals surface area contributed by atoms with Gasteiger partial charge in [-0.15, -0.1) is 0 Å². The lowest BCUT2D eigenvalue weighted by Crippen LogP contribution is -2.45. The van der Waals surface area contributed by atoms with Gasteiger partial charge in [-0.25, -0.2) is 13.6 Å². The normalized spacial score (nSPS) is 14.5. The third kappa shape index (κ3) is 4.23. The summed E-state index contributed by atoms with van der Waals surface area (Å²) < 4.78 is 32.7. The van der Waals surface area contributed by atoms with Gasteiger partial charge in [0.05, 0.1) is 17.7 Å². The van der Waals surface area contributed by atoms with Crippen molar-refractivity contribution >= 4 is 17.0 Å². The maximum atomic E-state index is 13.8. The number of aliphatic hydroxyl groups is 1. The summed E-state index contributed by atoms with van der Waals surface area (Å²) in [6, 6.07) is 1.80. The molecule has 1 heterocycles. The van der Waals surface area contributed by atoms with Crippen LogP contribution in [-0.2, 0) is 11.2 Å². The fraction of sp³-hybridized carbons (Fsp3) is 0.471. The highest BCUT2D eigenvalue weighted by Crippen LogP contribution is 2.25. The van der Waals surface area contributed by atoms with Gasteiger partial charge in [-0.1, -0.05) is 0 Å². The molecule has 1 aromatic carbocycles. The summed E-state index contributed by atoms with van der Waals surface area (Å²) in [7, 11) is 0. The van der Waals surface area contributed by atoms with Crippen molar-refractivity contribution in [3.05, 3.63) is 35.5 Å². The summed E-state index contributed by atoms with van der Waals surface area (Å²) >= 11 is 0. The third-order valence-electron chi connectivity index (χ3n) is 3.54. The highest BCUT2D eigenvalue weighted by Gasteiger charge is 2.24. The number of halogens is 2. The molecule has 2 rings (SSSR count). The van der Waals surface area contributed by atoms with Crippen LogP contribution in [0.2, 0.25) is 0 Å². The summed E-state index contributed by atoms with van der Waals surface area (Å²) in [5, 5.41) is 12.6. The first kappa shape index (κ1) is 18.2. The van der Waals surface area contributed by atoms with E-state index in [9.17, 15) is 18.7 Å². The monoisotopic (exact) mass is 340 g/mol. The van der Waals surface area contributed by atoms with Crippen molar-refractivity contribution in [2.24, 2.45) is 0 Å². The second-order valence-corrected chi connectivity index (χ2v) is 6.80. The second kappa shape index (κ2) is 6.76. The van der Waals surface area contributed by atoms with Crippen LogP contribution in [0.15, 0.2) is 18.3 Å². The molecule has 0 aliphatic heterocycles. The SMILES string of the molecule is C[C@H](O)[C@H](Cc1cc(F)c(F)c2cc[nH]c12)NC(=O)OC(C)(C)C. The first-order valence-corrected chi connectivity index (χ1v) is 7.70. The van der Waals surface area contributed by atoms with Gasteiger partial charge in [0.15, 0.2) is 11.6 Å². The van der Waals surface area contributed by atoms with Gasteiger partial charge in [0, 0.05) is 11.6 Å². The van der Waals surface area contributed by atoms with Gasteiger partial charge in [-0.2, -0.15) is 0 Å². The fourth-order valence-corrected chi connectivity index (χ4v) is 2.43. The third-order valence-corrected chi connectivity index (χ3v) is 3.54. The lowest BCUT2D eigenvalue weighted by atomic mass is 10.00. The van der Waals surface area contributed by atoms with Crippen molar-refractivity contribution < 1.29 is 23.4 Å². The van der Waals surface area contributed by atoms with Crippen molar-refractivity contribution in [1.82, 2.24) is 10.3 Å². The molecular formula is C17H22F2N2O3. The zero-order chi connectivity index (χ0) is 18.1. The maximum absolute atomic E-state index is 13.8. The zero-order valence-electron chi connectivity index (χ0n) is 14.1. The van der Waals surface area contributed by atoms with Crippen LogP contribution in [-0.4, -0.2) is 33.9 Å². The molecule has 132 valence electrons. The first-order valence-electron chi connectivity index (χ1n) is 7.70. The lowest BCUT2D eigenvalue weighted by Gasteiger charge is -2.25. The molecule has 0 radical (unpaired) electrons. The lowest BCUT2D eigenvalue weighted by molar-refractivity contribution is 0.0437. The number of hydrogen-bond acceptors (Lipinski definition) is 3. The molecule has 5 nitrogen and oxygen atoms in total. The number of benzene rings is 1. The highest BCUT2D eigenvalue weighted by atomic mass is 19.2. The molecular weight excluding hydrogens is 318 g/mol. The van der Waals surface area contributed by atoms with Gasteiger partial charge in [-0.3, -0.25) is 0 Å². The Morgan fingerprint density at radius 1 is 1.42 bits per heavy atom. The first-order chi connectivity index (χ1) is 11.1. The molecule has 1 aromatic heterocycles. The predicted molar refractivity (Wildman–Crippen MR) is 86.8 cm³/mol. The van der Waals surface area contributed by atoms with Crippen molar-refractivity contribution in [3.8, 4) is 0 Å². The topological polar surface area (TPSA) is 74.4 Å². The zero-order valence-corrected chi connectivity index (χ0v) is 14.1. The van der Waals surface area contributed by atoms with Crippen molar-refractivity contribution in [3.63, 3.8) is 0 Å². The van der Waals surface area contributed by atoms with Crippen molar-refractivity contribution in [2.45, 2.75) is 51.9 Å². The van der Waals surface area contributed by atoms with Crippen LogP contribution < -0.4 is 5.32 Å².